The van der Waals surface area contributed by atoms with E-state index in [0.29, 0.717) is 19.3 Å². The molecule has 6 nitrogen and oxygen atoms in total. The van der Waals surface area contributed by atoms with Gasteiger partial charge in [0.25, 0.3) is 0 Å². The summed E-state index contributed by atoms with van der Waals surface area (Å²) in [7, 11) is 0. The fraction of sp³-hybridized carbons (Fsp3) is 0.944. The zero-order chi connectivity index (χ0) is 43.8. The molecule has 0 saturated heterocycles. The van der Waals surface area contributed by atoms with Crippen LogP contribution in [-0.4, -0.2) is 37.2 Å². The molecule has 0 spiro atoms. The van der Waals surface area contributed by atoms with Crippen molar-refractivity contribution in [3.63, 3.8) is 0 Å². The van der Waals surface area contributed by atoms with Crippen LogP contribution in [0, 0.1) is 5.92 Å². The molecule has 1 unspecified atom stereocenters. The van der Waals surface area contributed by atoms with E-state index in [1.54, 1.807) is 0 Å². The standard InChI is InChI=1S/C54H104O6/c1-5-8-10-12-14-16-18-21-27-31-35-39-43-47-54(57)60-51(48-58-52(55)45-41-37-33-29-24-17-15-13-11-9-6-2)49-59-53(56)46-42-38-34-30-26-23-20-19-22-25-28-32-36-40-44-50(4)7-3/h50-51H,5-49H2,1-4H3/t50?,51-/m0/s1. The lowest BCUT2D eigenvalue weighted by Crippen LogP contribution is -2.30. The van der Waals surface area contributed by atoms with Crippen LogP contribution in [0.3, 0.4) is 0 Å². The second kappa shape index (κ2) is 48.4. The molecule has 0 aliphatic heterocycles. The first-order chi connectivity index (χ1) is 29.4. The third-order valence-corrected chi connectivity index (χ3v) is 12.7. The molecule has 0 fully saturated rings. The largest absolute Gasteiger partial charge is 0.462 e. The van der Waals surface area contributed by atoms with E-state index in [2.05, 4.69) is 27.7 Å². The highest BCUT2D eigenvalue weighted by Gasteiger charge is 2.19. The van der Waals surface area contributed by atoms with E-state index in [0.717, 1.165) is 63.7 Å². The van der Waals surface area contributed by atoms with Crippen molar-refractivity contribution in [3.8, 4) is 0 Å². The number of hydrogen-bond donors (Lipinski definition) is 0. The van der Waals surface area contributed by atoms with Crippen LogP contribution >= 0.6 is 0 Å². The Bertz CT molecular complexity index is 905. The molecule has 0 N–H and O–H groups in total. The van der Waals surface area contributed by atoms with E-state index in [1.807, 2.05) is 0 Å². The summed E-state index contributed by atoms with van der Waals surface area (Å²) < 4.78 is 16.8. The molecule has 0 aromatic heterocycles. The molecule has 0 aromatic rings. The molecular weight excluding hydrogens is 745 g/mol. The zero-order valence-electron chi connectivity index (χ0n) is 40.9. The van der Waals surface area contributed by atoms with Gasteiger partial charge in [-0.15, -0.1) is 0 Å². The van der Waals surface area contributed by atoms with Gasteiger partial charge >= 0.3 is 17.9 Å². The molecule has 0 saturated carbocycles. The monoisotopic (exact) mass is 849 g/mol. The molecule has 60 heavy (non-hydrogen) atoms. The van der Waals surface area contributed by atoms with Crippen molar-refractivity contribution < 1.29 is 28.6 Å². The molecule has 356 valence electrons. The smallest absolute Gasteiger partial charge is 0.306 e. The van der Waals surface area contributed by atoms with Crippen LogP contribution in [0.2, 0.25) is 0 Å². The number of rotatable bonds is 49. The highest BCUT2D eigenvalue weighted by molar-refractivity contribution is 5.71. The van der Waals surface area contributed by atoms with E-state index < -0.39 is 6.10 Å². The maximum absolute atomic E-state index is 12.8. The van der Waals surface area contributed by atoms with Crippen LogP contribution < -0.4 is 0 Å². The van der Waals surface area contributed by atoms with Gasteiger partial charge in [-0.05, 0) is 25.2 Å². The van der Waals surface area contributed by atoms with Crippen molar-refractivity contribution in [1.29, 1.82) is 0 Å². The number of unbranched alkanes of at least 4 members (excludes halogenated alkanes) is 35. The van der Waals surface area contributed by atoms with Crippen LogP contribution in [0.1, 0.15) is 304 Å². The van der Waals surface area contributed by atoms with Crippen LogP contribution in [0.15, 0.2) is 0 Å². The number of carbonyl (C=O) groups is 3. The quantitative estimate of drug-likeness (QED) is 0.0345. The number of hydrogen-bond acceptors (Lipinski definition) is 6. The third-order valence-electron chi connectivity index (χ3n) is 12.7. The number of carbonyl (C=O) groups excluding carboxylic acids is 3. The Hall–Kier alpha value is -1.59. The summed E-state index contributed by atoms with van der Waals surface area (Å²) in [6.45, 7) is 9.07. The predicted octanol–water partition coefficient (Wildman–Crippen LogP) is 17.5. The maximum atomic E-state index is 12.8. The minimum absolute atomic E-state index is 0.0624. The van der Waals surface area contributed by atoms with Gasteiger partial charge in [0.1, 0.15) is 13.2 Å². The Balaban J connectivity index is 4.26. The van der Waals surface area contributed by atoms with E-state index in [-0.39, 0.29) is 31.1 Å². The normalized spacial score (nSPS) is 12.4. The first kappa shape index (κ1) is 58.4. The van der Waals surface area contributed by atoms with Gasteiger partial charge in [0.05, 0.1) is 0 Å². The van der Waals surface area contributed by atoms with Crippen molar-refractivity contribution in [2.45, 2.75) is 310 Å². The maximum Gasteiger partial charge on any atom is 0.306 e. The molecule has 2 atom stereocenters. The fourth-order valence-electron chi connectivity index (χ4n) is 8.19. The Morgan fingerprint density at radius 2 is 0.583 bits per heavy atom. The Morgan fingerprint density at radius 1 is 0.333 bits per heavy atom. The Labute approximate surface area is 374 Å². The van der Waals surface area contributed by atoms with Crippen molar-refractivity contribution >= 4 is 17.9 Å². The molecule has 0 bridgehead atoms. The second-order valence-electron chi connectivity index (χ2n) is 18.8. The molecule has 0 aliphatic rings. The summed E-state index contributed by atoms with van der Waals surface area (Å²) in [6, 6.07) is 0. The minimum Gasteiger partial charge on any atom is -0.462 e. The Morgan fingerprint density at radius 3 is 0.867 bits per heavy atom. The highest BCUT2D eigenvalue weighted by Crippen LogP contribution is 2.18. The lowest BCUT2D eigenvalue weighted by molar-refractivity contribution is -0.167. The predicted molar refractivity (Wildman–Crippen MR) is 257 cm³/mol. The van der Waals surface area contributed by atoms with Crippen LogP contribution in [-0.2, 0) is 28.6 Å². The molecule has 0 radical (unpaired) electrons. The number of ether oxygens (including phenoxy) is 3. The van der Waals surface area contributed by atoms with Crippen LogP contribution in [0.4, 0.5) is 0 Å². The minimum atomic E-state index is -0.760. The van der Waals surface area contributed by atoms with Crippen molar-refractivity contribution in [2.75, 3.05) is 13.2 Å². The Kier molecular flexibility index (Phi) is 47.2. The number of esters is 3. The fourth-order valence-corrected chi connectivity index (χ4v) is 8.19. The van der Waals surface area contributed by atoms with E-state index >= 15 is 0 Å². The van der Waals surface area contributed by atoms with Crippen molar-refractivity contribution in [3.05, 3.63) is 0 Å². The van der Waals surface area contributed by atoms with Gasteiger partial charge in [-0.3, -0.25) is 14.4 Å². The van der Waals surface area contributed by atoms with E-state index in [1.165, 1.54) is 199 Å². The average Bonchev–Trinajstić information content (AvgIpc) is 3.25. The van der Waals surface area contributed by atoms with Crippen LogP contribution in [0.25, 0.3) is 0 Å². The first-order valence-electron chi connectivity index (χ1n) is 26.9. The molecule has 0 aromatic carbocycles. The van der Waals surface area contributed by atoms with E-state index in [4.69, 9.17) is 14.2 Å². The molecule has 6 heteroatoms. The SMILES string of the molecule is CCCCCCCCCCCCCCCC(=O)O[C@@H](COC(=O)CCCCCCCCCCCCC)COC(=O)CCCCCCCCCCCCCCCCC(C)CC. The second-order valence-corrected chi connectivity index (χ2v) is 18.8. The summed E-state index contributed by atoms with van der Waals surface area (Å²) in [5.41, 5.74) is 0. The van der Waals surface area contributed by atoms with Crippen molar-refractivity contribution in [2.24, 2.45) is 5.92 Å². The first-order valence-corrected chi connectivity index (χ1v) is 26.9. The molecule has 0 aliphatic carbocycles. The summed E-state index contributed by atoms with van der Waals surface area (Å²) >= 11 is 0. The topological polar surface area (TPSA) is 78.9 Å². The van der Waals surface area contributed by atoms with Gasteiger partial charge in [-0.2, -0.15) is 0 Å². The zero-order valence-corrected chi connectivity index (χ0v) is 40.9. The molecule has 0 rings (SSSR count). The summed E-state index contributed by atoms with van der Waals surface area (Å²) in [4.78, 5) is 38.0. The third kappa shape index (κ3) is 45.9. The van der Waals surface area contributed by atoms with Gasteiger partial charge in [0, 0.05) is 19.3 Å². The van der Waals surface area contributed by atoms with Gasteiger partial charge < -0.3 is 14.2 Å². The van der Waals surface area contributed by atoms with Crippen molar-refractivity contribution in [1.82, 2.24) is 0 Å². The molecular formula is C54H104O6. The summed E-state index contributed by atoms with van der Waals surface area (Å²) in [5, 5.41) is 0. The molecule has 0 amide bonds. The summed E-state index contributed by atoms with van der Waals surface area (Å²) in [5.74, 6) is 0.0540. The average molecular weight is 849 g/mol. The summed E-state index contributed by atoms with van der Waals surface area (Å²) in [6.07, 6.45) is 50.8. The van der Waals surface area contributed by atoms with Gasteiger partial charge in [-0.1, -0.05) is 265 Å². The van der Waals surface area contributed by atoms with Crippen LogP contribution in [0.5, 0.6) is 0 Å². The van der Waals surface area contributed by atoms with Gasteiger partial charge in [0.15, 0.2) is 6.10 Å². The highest BCUT2D eigenvalue weighted by atomic mass is 16.6. The van der Waals surface area contributed by atoms with E-state index in [9.17, 15) is 14.4 Å². The molecule has 0 heterocycles. The van der Waals surface area contributed by atoms with Gasteiger partial charge in [0.2, 0.25) is 0 Å². The lowest BCUT2D eigenvalue weighted by atomic mass is 9.99. The van der Waals surface area contributed by atoms with Gasteiger partial charge in [-0.25, -0.2) is 0 Å². The lowest BCUT2D eigenvalue weighted by Gasteiger charge is -2.18.